The first-order valence-electron chi connectivity index (χ1n) is 24.9. The number of hydrogen-bond acceptors (Lipinski definition) is 7. The van der Waals surface area contributed by atoms with Crippen molar-refractivity contribution in [1.82, 2.24) is 19.8 Å². The van der Waals surface area contributed by atoms with Gasteiger partial charge in [-0.25, -0.2) is 9.97 Å². The molecule has 0 radical (unpaired) electrons. The number of fused-ring (bicyclic) bond motifs is 4. The summed E-state index contributed by atoms with van der Waals surface area (Å²) >= 11 is 0. The second-order valence-electron chi connectivity index (χ2n) is 19.7. The maximum atomic E-state index is 17.3. The highest BCUT2D eigenvalue weighted by molar-refractivity contribution is 6.44. The zero-order valence-electron chi connectivity index (χ0n) is 38.1. The van der Waals surface area contributed by atoms with Crippen LogP contribution < -0.4 is 9.80 Å². The standard InChI is InChI=1S/C59H60N6O/c66-57(51-49-29-15-33-60-58(49)64(37-41-17-7-8-18-41)53(45-23-3-1-4-24-45)55(51)62-35-31-43-21-11-13-27-47(43)39-62)52-50-30-16-34-61-59(50)65(38-42-19-9-10-20-42)54(46-25-5-2-6-26-46)56(52)63-36-32-44-22-12-14-28-48(44)40-63/h1-6,11-16,21-30,33-34,41-42,53-54H,7-10,17-20,31-32,35-40H2. The minimum Gasteiger partial charge on any atom is -0.368 e. The molecule has 2 unspecified atom stereocenters. The van der Waals surface area contributed by atoms with Crippen LogP contribution in [0.5, 0.6) is 0 Å². The van der Waals surface area contributed by atoms with E-state index in [0.717, 1.165) is 97.4 Å². The summed E-state index contributed by atoms with van der Waals surface area (Å²) < 4.78 is 0. The minimum absolute atomic E-state index is 0.0733. The SMILES string of the molecule is O=C(C1=C(N2CCc3ccccc3C2)C(c2ccccc2)N(CC2CCCC2)c2ncccc21)C1=C(N2CCc3ccccc3C2)C(c2ccccc2)N(CC2CCCC2)c2ncccc21. The molecule has 6 aromatic rings. The Morgan fingerprint density at radius 3 is 1.29 bits per heavy atom. The Morgan fingerprint density at radius 2 is 0.864 bits per heavy atom. The van der Waals surface area contributed by atoms with Crippen LogP contribution in [-0.2, 0) is 30.7 Å². The van der Waals surface area contributed by atoms with E-state index in [0.29, 0.717) is 11.8 Å². The van der Waals surface area contributed by atoms with Crippen LogP contribution in [0.4, 0.5) is 11.6 Å². The number of carbonyl (C=O) groups is 1. The quantitative estimate of drug-likeness (QED) is 0.136. The van der Waals surface area contributed by atoms with Crippen LogP contribution in [0, 0.1) is 11.8 Å². The first kappa shape index (κ1) is 41.0. The molecule has 12 rings (SSSR count). The van der Waals surface area contributed by atoms with E-state index < -0.39 is 0 Å². The number of allylic oxidation sites excluding steroid dienone is 2. The highest BCUT2D eigenvalue weighted by Gasteiger charge is 2.47. The van der Waals surface area contributed by atoms with Crippen molar-refractivity contribution >= 4 is 28.6 Å². The lowest BCUT2D eigenvalue weighted by Gasteiger charge is -2.48. The van der Waals surface area contributed by atoms with Crippen molar-refractivity contribution in [2.24, 2.45) is 11.8 Å². The van der Waals surface area contributed by atoms with E-state index in [1.54, 1.807) is 0 Å². The number of nitrogens with zero attached hydrogens (tertiary/aromatic N) is 6. The van der Waals surface area contributed by atoms with Crippen LogP contribution in [0.25, 0.3) is 11.1 Å². The predicted molar refractivity (Wildman–Crippen MR) is 265 cm³/mol. The van der Waals surface area contributed by atoms with Gasteiger partial charge in [-0.05, 0) is 108 Å². The fraction of sp³-hybridized carbons (Fsp3) is 0.339. The van der Waals surface area contributed by atoms with Crippen LogP contribution >= 0.6 is 0 Å². The van der Waals surface area contributed by atoms with Gasteiger partial charge in [0.25, 0.3) is 0 Å². The van der Waals surface area contributed by atoms with E-state index in [-0.39, 0.29) is 17.9 Å². The molecule has 4 aromatic carbocycles. The number of carbonyl (C=O) groups excluding carboxylic acids is 1. The summed E-state index contributed by atoms with van der Waals surface area (Å²) in [5.74, 6) is 3.04. The molecule has 2 aliphatic carbocycles. The molecule has 6 heterocycles. The van der Waals surface area contributed by atoms with Crippen LogP contribution in [0.1, 0.15) is 108 Å². The van der Waals surface area contributed by atoms with E-state index in [2.05, 4.69) is 153 Å². The summed E-state index contributed by atoms with van der Waals surface area (Å²) in [5, 5.41) is 0. The monoisotopic (exact) mass is 868 g/mol. The van der Waals surface area contributed by atoms with Gasteiger partial charge in [0, 0.05) is 62.8 Å². The largest absolute Gasteiger partial charge is 0.368 e. The number of benzene rings is 4. The Morgan fingerprint density at radius 1 is 0.470 bits per heavy atom. The Balaban J connectivity index is 1.14. The van der Waals surface area contributed by atoms with Crippen molar-refractivity contribution in [2.45, 2.75) is 89.4 Å². The number of Topliss-reactive ketones (excluding diaryl/α,β-unsaturated/α-hetero) is 1. The van der Waals surface area contributed by atoms with Gasteiger partial charge < -0.3 is 19.6 Å². The third-order valence-electron chi connectivity index (χ3n) is 15.8. The van der Waals surface area contributed by atoms with Crippen molar-refractivity contribution < 1.29 is 4.79 Å². The number of hydrogen-bond donors (Lipinski definition) is 0. The summed E-state index contributed by atoms with van der Waals surface area (Å²) in [4.78, 5) is 38.2. The number of pyridine rings is 2. The molecule has 0 N–H and O–H groups in total. The van der Waals surface area contributed by atoms with Gasteiger partial charge in [-0.1, -0.05) is 135 Å². The van der Waals surface area contributed by atoms with Gasteiger partial charge in [0.15, 0.2) is 5.78 Å². The average molecular weight is 869 g/mol. The lowest BCUT2D eigenvalue weighted by molar-refractivity contribution is -0.109. The molecule has 332 valence electrons. The Kier molecular flexibility index (Phi) is 11.0. The number of rotatable bonds is 10. The first-order chi connectivity index (χ1) is 32.7. The highest BCUT2D eigenvalue weighted by Crippen LogP contribution is 2.53. The molecule has 7 heteroatoms. The lowest BCUT2D eigenvalue weighted by atomic mass is 9.79. The lowest BCUT2D eigenvalue weighted by Crippen LogP contribution is -2.46. The summed E-state index contributed by atoms with van der Waals surface area (Å²) in [7, 11) is 0. The van der Waals surface area contributed by atoms with Crippen LogP contribution in [0.15, 0.2) is 157 Å². The molecule has 2 atom stereocenters. The van der Waals surface area contributed by atoms with Gasteiger partial charge in [-0.15, -0.1) is 0 Å². The van der Waals surface area contributed by atoms with E-state index >= 15 is 4.79 Å². The van der Waals surface area contributed by atoms with Gasteiger partial charge in [0.1, 0.15) is 11.6 Å². The van der Waals surface area contributed by atoms with Crippen molar-refractivity contribution in [3.63, 3.8) is 0 Å². The fourth-order valence-electron chi connectivity index (χ4n) is 12.7. The minimum atomic E-state index is -0.204. The topological polar surface area (TPSA) is 55.8 Å². The molecule has 7 nitrogen and oxygen atoms in total. The third kappa shape index (κ3) is 7.41. The Bertz CT molecular complexity index is 2610. The van der Waals surface area contributed by atoms with E-state index in [1.807, 2.05) is 12.4 Å². The molecule has 4 aliphatic heterocycles. The number of aromatic nitrogens is 2. The molecule has 0 spiro atoms. The van der Waals surface area contributed by atoms with Crippen molar-refractivity contribution in [1.29, 1.82) is 0 Å². The van der Waals surface area contributed by atoms with Crippen molar-refractivity contribution in [3.05, 3.63) is 202 Å². The number of ketones is 1. The maximum Gasteiger partial charge on any atom is 0.198 e. The summed E-state index contributed by atoms with van der Waals surface area (Å²) in [5.41, 5.74) is 13.5. The number of anilines is 2. The molecule has 2 aromatic heterocycles. The Hall–Kier alpha value is -6.47. The molecule has 2 saturated carbocycles. The molecule has 66 heavy (non-hydrogen) atoms. The predicted octanol–water partition coefficient (Wildman–Crippen LogP) is 11.8. The van der Waals surface area contributed by atoms with Crippen LogP contribution in [0.3, 0.4) is 0 Å². The zero-order chi connectivity index (χ0) is 44.0. The molecular weight excluding hydrogens is 809 g/mol. The van der Waals surface area contributed by atoms with E-state index in [1.165, 1.54) is 84.7 Å². The normalized spacial score (nSPS) is 20.9. The van der Waals surface area contributed by atoms with E-state index in [9.17, 15) is 0 Å². The second-order valence-corrected chi connectivity index (χ2v) is 19.7. The summed E-state index contributed by atoms with van der Waals surface area (Å²) in [6.07, 6.45) is 15.7. The summed E-state index contributed by atoms with van der Waals surface area (Å²) in [6.45, 7) is 4.95. The molecule has 0 bridgehead atoms. The van der Waals surface area contributed by atoms with Gasteiger partial charge in [-0.2, -0.15) is 0 Å². The van der Waals surface area contributed by atoms with Crippen molar-refractivity contribution in [2.75, 3.05) is 36.0 Å². The average Bonchev–Trinajstić information content (AvgIpc) is 4.11. The van der Waals surface area contributed by atoms with Gasteiger partial charge >= 0.3 is 0 Å². The van der Waals surface area contributed by atoms with Gasteiger partial charge in [0.2, 0.25) is 0 Å². The van der Waals surface area contributed by atoms with Gasteiger partial charge in [-0.3, -0.25) is 4.79 Å². The van der Waals surface area contributed by atoms with Crippen molar-refractivity contribution in [3.8, 4) is 0 Å². The smallest absolute Gasteiger partial charge is 0.198 e. The fourth-order valence-corrected chi connectivity index (χ4v) is 12.7. The van der Waals surface area contributed by atoms with Crippen LogP contribution in [-0.4, -0.2) is 51.7 Å². The van der Waals surface area contributed by atoms with E-state index in [4.69, 9.17) is 9.97 Å². The highest BCUT2D eigenvalue weighted by atomic mass is 16.1. The molecule has 2 fully saturated rings. The first-order valence-corrected chi connectivity index (χ1v) is 24.9. The molecule has 0 amide bonds. The van der Waals surface area contributed by atoms with Crippen LogP contribution in [0.2, 0.25) is 0 Å². The zero-order valence-corrected chi connectivity index (χ0v) is 38.1. The molecular formula is C59H60N6O. The summed E-state index contributed by atoms with van der Waals surface area (Å²) in [6, 6.07) is 48.0. The molecule has 6 aliphatic rings. The second kappa shape index (κ2) is 17.7. The maximum absolute atomic E-state index is 17.3. The van der Waals surface area contributed by atoms with Gasteiger partial charge in [0.05, 0.1) is 34.6 Å². The third-order valence-corrected chi connectivity index (χ3v) is 15.8. The molecule has 0 saturated heterocycles. The Labute approximate surface area is 390 Å².